The van der Waals surface area contributed by atoms with Crippen LogP contribution in [0, 0.1) is 5.92 Å². The monoisotopic (exact) mass is 313 g/mol. The molecule has 1 atom stereocenters. The summed E-state index contributed by atoms with van der Waals surface area (Å²) in [5, 5.41) is 0.773. The number of nitrogens with one attached hydrogen (secondary N) is 1. The summed E-state index contributed by atoms with van der Waals surface area (Å²) in [6.07, 6.45) is 2.47. The van der Waals surface area contributed by atoms with E-state index in [0.29, 0.717) is 6.04 Å². The van der Waals surface area contributed by atoms with Crippen molar-refractivity contribution < 1.29 is 0 Å². The van der Waals surface area contributed by atoms with Crippen LogP contribution in [0.5, 0.6) is 0 Å². The number of hydrogen-bond donors (Lipinski definition) is 1. The number of para-hydroxylation sites is 1. The number of benzene rings is 1. The van der Waals surface area contributed by atoms with Gasteiger partial charge in [-0.1, -0.05) is 12.1 Å². The second-order valence-electron chi connectivity index (χ2n) is 7.02. The molecule has 1 aliphatic rings. The first kappa shape index (κ1) is 16.2. The van der Waals surface area contributed by atoms with E-state index in [9.17, 15) is 4.79 Å². The molecule has 1 unspecified atom stereocenters. The van der Waals surface area contributed by atoms with Crippen molar-refractivity contribution in [2.45, 2.75) is 32.4 Å². The summed E-state index contributed by atoms with van der Waals surface area (Å²) < 4.78 is 0. The highest BCUT2D eigenvalue weighted by molar-refractivity contribution is 5.78. The summed E-state index contributed by atoms with van der Waals surface area (Å²) in [5.41, 5.74) is 2.07. The van der Waals surface area contributed by atoms with E-state index in [-0.39, 0.29) is 5.43 Å². The molecule has 124 valence electrons. The fraction of sp³-hybridized carbons (Fsp3) is 0.526. The maximum atomic E-state index is 12.2. The van der Waals surface area contributed by atoms with Gasteiger partial charge in [0.1, 0.15) is 0 Å². The van der Waals surface area contributed by atoms with Crippen molar-refractivity contribution in [3.63, 3.8) is 0 Å². The van der Waals surface area contributed by atoms with Gasteiger partial charge in [-0.15, -0.1) is 0 Å². The van der Waals surface area contributed by atoms with Gasteiger partial charge in [0.25, 0.3) is 0 Å². The third kappa shape index (κ3) is 3.65. The first-order valence-electron chi connectivity index (χ1n) is 8.54. The van der Waals surface area contributed by atoms with Gasteiger partial charge in [-0.2, -0.15) is 0 Å². The SMILES string of the molecule is CC(C1CCN(Cc2cc(=O)c3ccccc3[nH]2)CC1)N(C)C. The molecule has 4 nitrogen and oxygen atoms in total. The number of aromatic nitrogens is 1. The van der Waals surface area contributed by atoms with Gasteiger partial charge in [-0.3, -0.25) is 9.69 Å². The second kappa shape index (κ2) is 6.85. The van der Waals surface area contributed by atoms with Crippen LogP contribution >= 0.6 is 0 Å². The first-order chi connectivity index (χ1) is 11.0. The molecule has 1 aromatic carbocycles. The number of hydrogen-bond acceptors (Lipinski definition) is 3. The van der Waals surface area contributed by atoms with Crippen LogP contribution in [0.2, 0.25) is 0 Å². The Morgan fingerprint density at radius 2 is 1.96 bits per heavy atom. The highest BCUT2D eigenvalue weighted by atomic mass is 16.1. The van der Waals surface area contributed by atoms with Crippen LogP contribution in [0.25, 0.3) is 10.9 Å². The van der Waals surface area contributed by atoms with Crippen molar-refractivity contribution in [2.75, 3.05) is 27.2 Å². The lowest BCUT2D eigenvalue weighted by Gasteiger charge is -2.37. The zero-order valence-electron chi connectivity index (χ0n) is 14.4. The average Bonchev–Trinajstić information content (AvgIpc) is 2.55. The Balaban J connectivity index is 1.66. The number of likely N-dealkylation sites (tertiary alicyclic amines) is 1. The lowest BCUT2D eigenvalue weighted by Crippen LogP contribution is -2.41. The average molecular weight is 313 g/mol. The largest absolute Gasteiger partial charge is 0.357 e. The lowest BCUT2D eigenvalue weighted by molar-refractivity contribution is 0.120. The van der Waals surface area contributed by atoms with E-state index in [1.54, 1.807) is 6.07 Å². The molecule has 0 spiro atoms. The van der Waals surface area contributed by atoms with Crippen LogP contribution < -0.4 is 5.43 Å². The standard InChI is InChI=1S/C19H27N3O/c1-14(21(2)3)15-8-10-22(11-9-15)13-16-12-19(23)17-6-4-5-7-18(17)20-16/h4-7,12,14-15H,8-11,13H2,1-3H3,(H,20,23). The third-order valence-electron chi connectivity index (χ3n) is 5.32. The maximum Gasteiger partial charge on any atom is 0.189 e. The fourth-order valence-electron chi connectivity index (χ4n) is 3.59. The van der Waals surface area contributed by atoms with Crippen molar-refractivity contribution >= 4 is 10.9 Å². The molecule has 0 bridgehead atoms. The minimum absolute atomic E-state index is 0.116. The molecule has 2 heterocycles. The molecule has 1 fully saturated rings. The quantitative estimate of drug-likeness (QED) is 0.943. The van der Waals surface area contributed by atoms with E-state index in [4.69, 9.17) is 0 Å². The summed E-state index contributed by atoms with van der Waals surface area (Å²) in [4.78, 5) is 20.4. The minimum atomic E-state index is 0.116. The molecule has 0 radical (unpaired) electrons. The van der Waals surface area contributed by atoms with Crippen molar-refractivity contribution in [3.05, 3.63) is 46.2 Å². The minimum Gasteiger partial charge on any atom is -0.357 e. The number of piperidine rings is 1. The van der Waals surface area contributed by atoms with E-state index in [1.165, 1.54) is 12.8 Å². The van der Waals surface area contributed by atoms with E-state index >= 15 is 0 Å². The zero-order chi connectivity index (χ0) is 16.4. The Hall–Kier alpha value is -1.65. The van der Waals surface area contributed by atoms with Gasteiger partial charge in [0.2, 0.25) is 0 Å². The van der Waals surface area contributed by atoms with Gasteiger partial charge in [0, 0.05) is 35.2 Å². The number of rotatable bonds is 4. The van der Waals surface area contributed by atoms with Gasteiger partial charge in [-0.25, -0.2) is 0 Å². The van der Waals surface area contributed by atoms with Gasteiger partial charge in [0.15, 0.2) is 5.43 Å². The molecule has 1 saturated heterocycles. The lowest BCUT2D eigenvalue weighted by atomic mass is 9.89. The summed E-state index contributed by atoms with van der Waals surface area (Å²) in [6.45, 7) is 5.37. The number of pyridine rings is 1. The molecule has 0 aliphatic carbocycles. The van der Waals surface area contributed by atoms with Crippen LogP contribution in [0.3, 0.4) is 0 Å². The van der Waals surface area contributed by atoms with E-state index in [1.807, 2.05) is 24.3 Å². The smallest absolute Gasteiger partial charge is 0.189 e. The molecule has 3 rings (SSSR count). The topological polar surface area (TPSA) is 39.3 Å². The van der Waals surface area contributed by atoms with E-state index in [2.05, 4.69) is 35.8 Å². The van der Waals surface area contributed by atoms with Gasteiger partial charge in [-0.05, 0) is 65.0 Å². The Kier molecular flexibility index (Phi) is 4.83. The van der Waals surface area contributed by atoms with Crippen LogP contribution in [-0.4, -0.2) is 48.0 Å². The highest BCUT2D eigenvalue weighted by Crippen LogP contribution is 2.23. The molecule has 0 amide bonds. The Morgan fingerprint density at radius 3 is 2.65 bits per heavy atom. The van der Waals surface area contributed by atoms with Crippen LogP contribution in [0.4, 0.5) is 0 Å². The molecule has 1 N–H and O–H groups in total. The third-order valence-corrected chi connectivity index (χ3v) is 5.32. The molecular weight excluding hydrogens is 286 g/mol. The van der Waals surface area contributed by atoms with Crippen molar-refractivity contribution in [2.24, 2.45) is 5.92 Å². The number of fused-ring (bicyclic) bond motifs is 1. The number of nitrogens with zero attached hydrogens (tertiary/aromatic N) is 2. The first-order valence-corrected chi connectivity index (χ1v) is 8.54. The Labute approximate surface area is 138 Å². The summed E-state index contributed by atoms with van der Waals surface area (Å²) in [5.74, 6) is 0.775. The molecule has 1 aliphatic heterocycles. The summed E-state index contributed by atoms with van der Waals surface area (Å²) in [6, 6.07) is 10.1. The predicted molar refractivity (Wildman–Crippen MR) is 95.7 cm³/mol. The van der Waals surface area contributed by atoms with E-state index in [0.717, 1.165) is 42.1 Å². The van der Waals surface area contributed by atoms with Crippen molar-refractivity contribution in [3.8, 4) is 0 Å². The van der Waals surface area contributed by atoms with Crippen LogP contribution in [-0.2, 0) is 6.54 Å². The zero-order valence-corrected chi connectivity index (χ0v) is 14.4. The second-order valence-corrected chi connectivity index (χ2v) is 7.02. The number of H-pyrrole nitrogens is 1. The molecular formula is C19H27N3O. The van der Waals surface area contributed by atoms with Gasteiger partial charge >= 0.3 is 0 Å². The van der Waals surface area contributed by atoms with Crippen molar-refractivity contribution in [1.82, 2.24) is 14.8 Å². The normalized spacial score (nSPS) is 18.6. The summed E-state index contributed by atoms with van der Waals surface area (Å²) >= 11 is 0. The summed E-state index contributed by atoms with van der Waals surface area (Å²) in [7, 11) is 4.33. The number of aromatic amines is 1. The van der Waals surface area contributed by atoms with Gasteiger partial charge < -0.3 is 9.88 Å². The molecule has 0 saturated carbocycles. The van der Waals surface area contributed by atoms with Gasteiger partial charge in [0.05, 0.1) is 0 Å². The molecule has 4 heteroatoms. The molecule has 23 heavy (non-hydrogen) atoms. The fourth-order valence-corrected chi connectivity index (χ4v) is 3.59. The molecule has 1 aromatic heterocycles. The predicted octanol–water partition coefficient (Wildman–Crippen LogP) is 2.69. The maximum absolute atomic E-state index is 12.2. The van der Waals surface area contributed by atoms with Crippen LogP contribution in [0.1, 0.15) is 25.5 Å². The van der Waals surface area contributed by atoms with E-state index < -0.39 is 0 Å². The van der Waals surface area contributed by atoms with Crippen LogP contribution in [0.15, 0.2) is 35.1 Å². The Bertz CT molecular complexity index is 714. The Morgan fingerprint density at radius 1 is 1.26 bits per heavy atom. The highest BCUT2D eigenvalue weighted by Gasteiger charge is 2.25. The van der Waals surface area contributed by atoms with Crippen molar-refractivity contribution in [1.29, 1.82) is 0 Å². The molecule has 2 aromatic rings.